The third-order valence-electron chi connectivity index (χ3n) is 3.05. The summed E-state index contributed by atoms with van der Waals surface area (Å²) in [6.07, 6.45) is 3.04. The molecule has 106 valence electrons. The van der Waals surface area contributed by atoms with Gasteiger partial charge in [0.05, 0.1) is 30.4 Å². The highest BCUT2D eigenvalue weighted by Gasteiger charge is 2.05. The van der Waals surface area contributed by atoms with Crippen LogP contribution in [0.4, 0.5) is 0 Å². The molecule has 2 rings (SSSR count). The molecule has 0 bridgehead atoms. The monoisotopic (exact) mass is 288 g/mol. The first kappa shape index (κ1) is 15.0. The molecule has 22 heavy (non-hydrogen) atoms. The first-order valence-corrected chi connectivity index (χ1v) is 6.48. The second kappa shape index (κ2) is 6.88. The van der Waals surface area contributed by atoms with Gasteiger partial charge in [-0.1, -0.05) is 12.1 Å². The molecule has 2 aromatic carbocycles. The van der Waals surface area contributed by atoms with E-state index in [4.69, 9.17) is 15.3 Å². The zero-order valence-electron chi connectivity index (χ0n) is 11.9. The quantitative estimate of drug-likeness (QED) is 0.639. The Morgan fingerprint density at radius 2 is 1.82 bits per heavy atom. The SMILES string of the molecule is COc1cc(C#N)ccc1/C=C/C(=O)c1cccc(C#N)c1. The van der Waals surface area contributed by atoms with Gasteiger partial charge in [0, 0.05) is 11.1 Å². The predicted octanol–water partition coefficient (Wildman–Crippen LogP) is 3.33. The van der Waals surface area contributed by atoms with Crippen molar-refractivity contribution < 1.29 is 9.53 Å². The van der Waals surface area contributed by atoms with Crippen LogP contribution in [0.15, 0.2) is 48.5 Å². The highest BCUT2D eigenvalue weighted by molar-refractivity contribution is 6.07. The lowest BCUT2D eigenvalue weighted by Gasteiger charge is -2.04. The lowest BCUT2D eigenvalue weighted by atomic mass is 10.1. The van der Waals surface area contributed by atoms with Gasteiger partial charge in [-0.25, -0.2) is 0 Å². The molecule has 0 fully saturated rings. The third-order valence-corrected chi connectivity index (χ3v) is 3.05. The molecule has 0 unspecified atom stereocenters. The maximum absolute atomic E-state index is 12.1. The van der Waals surface area contributed by atoms with Gasteiger partial charge in [0.2, 0.25) is 0 Å². The molecule has 0 N–H and O–H groups in total. The molecule has 0 atom stereocenters. The molecular weight excluding hydrogens is 276 g/mol. The van der Waals surface area contributed by atoms with Gasteiger partial charge in [0.25, 0.3) is 0 Å². The second-order valence-electron chi connectivity index (χ2n) is 4.46. The van der Waals surface area contributed by atoms with Crippen molar-refractivity contribution in [3.05, 3.63) is 70.8 Å². The van der Waals surface area contributed by atoms with Crippen LogP contribution in [-0.2, 0) is 0 Å². The number of nitrogens with zero attached hydrogens (tertiary/aromatic N) is 2. The first-order chi connectivity index (χ1) is 10.7. The second-order valence-corrected chi connectivity index (χ2v) is 4.46. The van der Waals surface area contributed by atoms with Gasteiger partial charge in [-0.15, -0.1) is 0 Å². The van der Waals surface area contributed by atoms with Crippen molar-refractivity contribution in [1.29, 1.82) is 10.5 Å². The number of benzene rings is 2. The molecular formula is C18H12N2O2. The van der Waals surface area contributed by atoms with Crippen LogP contribution in [0.1, 0.15) is 27.0 Å². The Labute approximate surface area is 128 Å². The molecule has 0 heterocycles. The number of methoxy groups -OCH3 is 1. The summed E-state index contributed by atoms with van der Waals surface area (Å²) in [5, 5.41) is 17.7. The normalized spacial score (nSPS) is 9.95. The van der Waals surface area contributed by atoms with E-state index in [0.29, 0.717) is 28.0 Å². The molecule has 0 aliphatic carbocycles. The summed E-state index contributed by atoms with van der Waals surface area (Å²) in [6.45, 7) is 0. The van der Waals surface area contributed by atoms with E-state index in [1.54, 1.807) is 48.5 Å². The van der Waals surface area contributed by atoms with E-state index in [-0.39, 0.29) is 5.78 Å². The van der Waals surface area contributed by atoms with Crippen LogP contribution in [-0.4, -0.2) is 12.9 Å². The van der Waals surface area contributed by atoms with Crippen LogP contribution in [0, 0.1) is 22.7 Å². The van der Waals surface area contributed by atoms with Gasteiger partial charge in [-0.3, -0.25) is 4.79 Å². The minimum absolute atomic E-state index is 0.205. The fourth-order valence-corrected chi connectivity index (χ4v) is 1.92. The largest absolute Gasteiger partial charge is 0.496 e. The van der Waals surface area contributed by atoms with E-state index in [1.807, 2.05) is 12.1 Å². The zero-order chi connectivity index (χ0) is 15.9. The van der Waals surface area contributed by atoms with Crippen molar-refractivity contribution in [1.82, 2.24) is 0 Å². The first-order valence-electron chi connectivity index (χ1n) is 6.48. The van der Waals surface area contributed by atoms with E-state index in [9.17, 15) is 4.79 Å². The molecule has 0 amide bonds. The number of carbonyl (C=O) groups excluding carboxylic acids is 1. The molecule has 0 radical (unpaired) electrons. The predicted molar refractivity (Wildman–Crippen MR) is 82.2 cm³/mol. The Morgan fingerprint density at radius 1 is 1.09 bits per heavy atom. The summed E-state index contributed by atoms with van der Waals surface area (Å²) in [6, 6.07) is 15.5. The molecule has 0 saturated heterocycles. The topological polar surface area (TPSA) is 73.9 Å². The molecule has 0 saturated carbocycles. The maximum Gasteiger partial charge on any atom is 0.185 e. The Bertz CT molecular complexity index is 824. The van der Waals surface area contributed by atoms with Crippen LogP contribution in [0.3, 0.4) is 0 Å². The van der Waals surface area contributed by atoms with Crippen LogP contribution >= 0.6 is 0 Å². The summed E-state index contributed by atoms with van der Waals surface area (Å²) in [5.74, 6) is 0.317. The fourth-order valence-electron chi connectivity index (χ4n) is 1.92. The summed E-state index contributed by atoms with van der Waals surface area (Å²) in [7, 11) is 1.51. The number of ketones is 1. The number of hydrogen-bond acceptors (Lipinski definition) is 4. The van der Waals surface area contributed by atoms with Crippen molar-refractivity contribution in [3.8, 4) is 17.9 Å². The van der Waals surface area contributed by atoms with Crippen molar-refractivity contribution in [2.45, 2.75) is 0 Å². The van der Waals surface area contributed by atoms with Crippen LogP contribution in [0.5, 0.6) is 5.75 Å². The highest BCUT2D eigenvalue weighted by atomic mass is 16.5. The number of carbonyl (C=O) groups is 1. The average Bonchev–Trinajstić information content (AvgIpc) is 2.59. The van der Waals surface area contributed by atoms with Gasteiger partial charge in [-0.05, 0) is 42.5 Å². The summed E-state index contributed by atoms with van der Waals surface area (Å²) in [4.78, 5) is 12.1. The van der Waals surface area contributed by atoms with E-state index in [1.165, 1.54) is 13.2 Å². The summed E-state index contributed by atoms with van der Waals surface area (Å²) < 4.78 is 5.21. The van der Waals surface area contributed by atoms with Crippen LogP contribution < -0.4 is 4.74 Å². The minimum Gasteiger partial charge on any atom is -0.496 e. The van der Waals surface area contributed by atoms with E-state index in [0.717, 1.165) is 0 Å². The molecule has 4 nitrogen and oxygen atoms in total. The Morgan fingerprint density at radius 3 is 2.50 bits per heavy atom. The maximum atomic E-state index is 12.1. The van der Waals surface area contributed by atoms with Crippen molar-refractivity contribution in [2.75, 3.05) is 7.11 Å². The lowest BCUT2D eigenvalue weighted by molar-refractivity contribution is 0.104. The molecule has 0 aromatic heterocycles. The number of allylic oxidation sites excluding steroid dienone is 1. The summed E-state index contributed by atoms with van der Waals surface area (Å²) >= 11 is 0. The number of rotatable bonds is 4. The van der Waals surface area contributed by atoms with Gasteiger partial charge in [-0.2, -0.15) is 10.5 Å². The Hall–Kier alpha value is -3.37. The summed E-state index contributed by atoms with van der Waals surface area (Å²) in [5.41, 5.74) is 2.08. The fraction of sp³-hybridized carbons (Fsp3) is 0.0556. The van der Waals surface area contributed by atoms with E-state index < -0.39 is 0 Å². The molecule has 2 aromatic rings. The minimum atomic E-state index is -0.205. The smallest absolute Gasteiger partial charge is 0.185 e. The van der Waals surface area contributed by atoms with Crippen molar-refractivity contribution >= 4 is 11.9 Å². The number of hydrogen-bond donors (Lipinski definition) is 0. The number of ether oxygens (including phenoxy) is 1. The standard InChI is InChI=1S/C18H12N2O2/c1-22-18-10-14(12-20)5-6-15(18)7-8-17(21)16-4-2-3-13(9-16)11-19/h2-10H,1H3/b8-7+. The van der Waals surface area contributed by atoms with Crippen LogP contribution in [0.2, 0.25) is 0 Å². The van der Waals surface area contributed by atoms with Crippen molar-refractivity contribution in [2.24, 2.45) is 0 Å². The molecule has 0 aliphatic heterocycles. The highest BCUT2D eigenvalue weighted by Crippen LogP contribution is 2.21. The van der Waals surface area contributed by atoms with Gasteiger partial charge in [0.15, 0.2) is 5.78 Å². The van der Waals surface area contributed by atoms with Gasteiger partial charge in [0.1, 0.15) is 5.75 Å². The zero-order valence-corrected chi connectivity index (χ0v) is 11.9. The van der Waals surface area contributed by atoms with Crippen LogP contribution in [0.25, 0.3) is 6.08 Å². The average molecular weight is 288 g/mol. The molecule has 0 spiro atoms. The third kappa shape index (κ3) is 3.39. The lowest BCUT2D eigenvalue weighted by Crippen LogP contribution is -1.95. The molecule has 0 aliphatic rings. The van der Waals surface area contributed by atoms with Gasteiger partial charge >= 0.3 is 0 Å². The van der Waals surface area contributed by atoms with E-state index >= 15 is 0 Å². The van der Waals surface area contributed by atoms with Gasteiger partial charge < -0.3 is 4.74 Å². The van der Waals surface area contributed by atoms with E-state index in [2.05, 4.69) is 0 Å². The molecule has 4 heteroatoms. The number of nitriles is 2. The Kier molecular flexibility index (Phi) is 4.70. The van der Waals surface area contributed by atoms with Crippen molar-refractivity contribution in [3.63, 3.8) is 0 Å². The Balaban J connectivity index is 2.26.